The van der Waals surface area contributed by atoms with Gasteiger partial charge in [-0.05, 0) is 30.2 Å². The summed E-state index contributed by atoms with van der Waals surface area (Å²) in [5.74, 6) is -0.780. The first-order valence-corrected chi connectivity index (χ1v) is 13.1. The van der Waals surface area contributed by atoms with Crippen LogP contribution >= 0.6 is 0 Å². The zero-order valence-electron chi connectivity index (χ0n) is 23.4. The molecule has 1 unspecified atom stereocenters. The van der Waals surface area contributed by atoms with Crippen molar-refractivity contribution in [3.8, 4) is 5.75 Å². The summed E-state index contributed by atoms with van der Waals surface area (Å²) in [6, 6.07) is 11.3. The Labute approximate surface area is 237 Å². The molecule has 0 saturated heterocycles. The van der Waals surface area contributed by atoms with Crippen LogP contribution in [0.15, 0.2) is 67.8 Å². The van der Waals surface area contributed by atoms with Crippen molar-refractivity contribution < 1.29 is 28.5 Å². The normalized spacial score (nSPS) is 12.2. The van der Waals surface area contributed by atoms with Gasteiger partial charge in [-0.2, -0.15) is 10.2 Å². The van der Waals surface area contributed by atoms with Crippen LogP contribution < -0.4 is 10.1 Å². The molecule has 13 heteroatoms. The maximum atomic E-state index is 14.1. The van der Waals surface area contributed by atoms with E-state index in [1.165, 1.54) is 46.3 Å². The molecule has 41 heavy (non-hydrogen) atoms. The number of halogens is 2. The van der Waals surface area contributed by atoms with Gasteiger partial charge in [0.15, 0.2) is 0 Å². The van der Waals surface area contributed by atoms with E-state index in [9.17, 15) is 19.0 Å². The molecule has 0 radical (unpaired) electrons. The lowest BCUT2D eigenvalue weighted by Crippen LogP contribution is -2.37. The largest absolute Gasteiger partial charge is 0.491 e. The van der Waals surface area contributed by atoms with Crippen molar-refractivity contribution in [3.63, 3.8) is 0 Å². The van der Waals surface area contributed by atoms with Crippen molar-refractivity contribution in [2.45, 2.75) is 51.1 Å². The molecule has 2 heterocycles. The minimum absolute atomic E-state index is 0.0556. The number of rotatable bonds is 14. The van der Waals surface area contributed by atoms with Gasteiger partial charge in [0.25, 0.3) is 0 Å². The minimum Gasteiger partial charge on any atom is -0.491 e. The number of aliphatic hydroxyl groups is 2. The van der Waals surface area contributed by atoms with Gasteiger partial charge in [-0.3, -0.25) is 0 Å². The monoisotopic (exact) mass is 573 g/mol. The Kier molecular flexibility index (Phi) is 12.3. The second-order valence-corrected chi connectivity index (χ2v) is 9.76. The summed E-state index contributed by atoms with van der Waals surface area (Å²) in [6.07, 6.45) is 5.81. The number of aromatic nitrogens is 6. The lowest BCUT2D eigenvalue weighted by molar-refractivity contribution is -0.00856. The van der Waals surface area contributed by atoms with Crippen LogP contribution in [0.4, 0.5) is 8.78 Å². The number of methoxy groups -OCH3 is 1. The van der Waals surface area contributed by atoms with Crippen LogP contribution in [0.1, 0.15) is 25.0 Å². The Morgan fingerprint density at radius 1 is 0.976 bits per heavy atom. The quantitative estimate of drug-likeness (QED) is 0.208. The van der Waals surface area contributed by atoms with Crippen molar-refractivity contribution in [1.82, 2.24) is 34.8 Å². The SMILES string of the molecule is COCCc1ccc(OCC(O)CNC(C)C)cc1.OC(Cn1cncn1)(Cn1cncn1)c1ccc(F)cc1F. The Hall–Kier alpha value is -3.78. The van der Waals surface area contributed by atoms with E-state index in [0.29, 0.717) is 19.2 Å². The second kappa shape index (κ2) is 15.9. The third-order valence-electron chi connectivity index (χ3n) is 5.94. The standard InChI is InChI=1S/C15H25NO3.C13H12F2N6O/c1-12(2)16-10-14(17)11-19-15-6-4-13(5-7-15)8-9-18-3;14-10-1-2-11(12(15)3-10)13(22,4-20-8-16-6-18-20)5-21-9-17-7-19-21/h4-7,12,14,16-17H,8-11H2,1-3H3;1-3,6-9,22H,4-5H2. The molecule has 4 rings (SSSR count). The first-order chi connectivity index (χ1) is 19.7. The second-order valence-electron chi connectivity index (χ2n) is 9.76. The molecule has 0 bridgehead atoms. The van der Waals surface area contributed by atoms with Crippen molar-refractivity contribution in [3.05, 3.63) is 90.5 Å². The van der Waals surface area contributed by atoms with Crippen LogP contribution in [0, 0.1) is 11.6 Å². The van der Waals surface area contributed by atoms with E-state index < -0.39 is 23.3 Å². The maximum absolute atomic E-state index is 14.1. The van der Waals surface area contributed by atoms with E-state index in [4.69, 9.17) is 9.47 Å². The molecule has 0 spiro atoms. The van der Waals surface area contributed by atoms with Crippen molar-refractivity contribution >= 4 is 0 Å². The molecule has 2 aromatic carbocycles. The number of hydrogen-bond donors (Lipinski definition) is 3. The first kappa shape index (κ1) is 31.7. The molecule has 4 aromatic rings. The van der Waals surface area contributed by atoms with Gasteiger partial charge in [0.1, 0.15) is 61.0 Å². The van der Waals surface area contributed by atoms with Gasteiger partial charge in [-0.1, -0.05) is 32.0 Å². The summed E-state index contributed by atoms with van der Waals surface area (Å²) >= 11 is 0. The van der Waals surface area contributed by atoms with Crippen LogP contribution in [0.25, 0.3) is 0 Å². The minimum atomic E-state index is -1.70. The van der Waals surface area contributed by atoms with Gasteiger partial charge in [0.2, 0.25) is 0 Å². The third-order valence-corrected chi connectivity index (χ3v) is 5.94. The number of benzene rings is 2. The fraction of sp³-hybridized carbons (Fsp3) is 0.429. The van der Waals surface area contributed by atoms with E-state index >= 15 is 0 Å². The van der Waals surface area contributed by atoms with E-state index in [0.717, 1.165) is 30.9 Å². The number of aliphatic hydroxyl groups excluding tert-OH is 1. The first-order valence-electron chi connectivity index (χ1n) is 13.1. The Balaban J connectivity index is 0.000000229. The lowest BCUT2D eigenvalue weighted by Gasteiger charge is -2.28. The molecule has 222 valence electrons. The molecule has 2 aromatic heterocycles. The molecule has 0 aliphatic carbocycles. The average Bonchev–Trinajstić information content (AvgIpc) is 3.65. The van der Waals surface area contributed by atoms with Gasteiger partial charge >= 0.3 is 0 Å². The number of ether oxygens (including phenoxy) is 2. The highest BCUT2D eigenvalue weighted by atomic mass is 19.1. The average molecular weight is 574 g/mol. The highest BCUT2D eigenvalue weighted by Crippen LogP contribution is 2.28. The molecule has 0 amide bonds. The molecule has 3 N–H and O–H groups in total. The van der Waals surface area contributed by atoms with Crippen LogP contribution in [-0.4, -0.2) is 78.8 Å². The zero-order valence-corrected chi connectivity index (χ0v) is 23.4. The van der Waals surface area contributed by atoms with Gasteiger partial charge in [0, 0.05) is 31.3 Å². The van der Waals surface area contributed by atoms with Crippen molar-refractivity contribution in [2.24, 2.45) is 0 Å². The molecule has 0 saturated carbocycles. The predicted molar refractivity (Wildman–Crippen MR) is 147 cm³/mol. The third kappa shape index (κ3) is 10.6. The van der Waals surface area contributed by atoms with Gasteiger partial charge in [-0.25, -0.2) is 28.1 Å². The number of nitrogens with one attached hydrogen (secondary N) is 1. The van der Waals surface area contributed by atoms with Crippen LogP contribution in [0.2, 0.25) is 0 Å². The van der Waals surface area contributed by atoms with Crippen LogP contribution in [-0.2, 0) is 29.8 Å². The molecule has 0 aliphatic rings. The molecule has 0 aliphatic heterocycles. The fourth-order valence-electron chi connectivity index (χ4n) is 3.85. The Bertz CT molecular complexity index is 1240. The Morgan fingerprint density at radius 3 is 2.12 bits per heavy atom. The summed E-state index contributed by atoms with van der Waals surface area (Å²) in [5.41, 5.74) is -0.532. The highest BCUT2D eigenvalue weighted by Gasteiger charge is 2.34. The summed E-state index contributed by atoms with van der Waals surface area (Å²) in [7, 11) is 1.70. The van der Waals surface area contributed by atoms with Gasteiger partial charge in [0.05, 0.1) is 19.7 Å². The zero-order chi connectivity index (χ0) is 29.7. The maximum Gasteiger partial charge on any atom is 0.137 e. The van der Waals surface area contributed by atoms with E-state index in [-0.39, 0.29) is 18.7 Å². The van der Waals surface area contributed by atoms with Gasteiger partial charge < -0.3 is 25.0 Å². The van der Waals surface area contributed by atoms with Crippen molar-refractivity contribution in [1.29, 1.82) is 0 Å². The van der Waals surface area contributed by atoms with Gasteiger partial charge in [-0.15, -0.1) is 0 Å². The number of nitrogens with zero attached hydrogens (tertiary/aromatic N) is 6. The van der Waals surface area contributed by atoms with Crippen molar-refractivity contribution in [2.75, 3.05) is 26.9 Å². The summed E-state index contributed by atoms with van der Waals surface area (Å²) in [6.45, 7) is 5.52. The lowest BCUT2D eigenvalue weighted by atomic mass is 9.93. The topological polar surface area (TPSA) is 132 Å². The summed E-state index contributed by atoms with van der Waals surface area (Å²) in [5, 5.41) is 31.7. The van der Waals surface area contributed by atoms with E-state index in [2.05, 4.69) is 25.5 Å². The fourth-order valence-corrected chi connectivity index (χ4v) is 3.85. The Morgan fingerprint density at radius 2 is 1.61 bits per heavy atom. The van der Waals surface area contributed by atoms with E-state index in [1.54, 1.807) is 7.11 Å². The number of hydrogen-bond acceptors (Lipinski definition) is 9. The van der Waals surface area contributed by atoms with Crippen LogP contribution in [0.5, 0.6) is 5.75 Å². The highest BCUT2D eigenvalue weighted by molar-refractivity contribution is 5.27. The predicted octanol–water partition coefficient (Wildman–Crippen LogP) is 2.35. The molecular formula is C28H37F2N7O4. The summed E-state index contributed by atoms with van der Waals surface area (Å²) < 4.78 is 40.5. The molecule has 0 fully saturated rings. The molecule has 11 nitrogen and oxygen atoms in total. The van der Waals surface area contributed by atoms with Crippen LogP contribution in [0.3, 0.4) is 0 Å². The summed E-state index contributed by atoms with van der Waals surface area (Å²) in [4.78, 5) is 7.57. The smallest absolute Gasteiger partial charge is 0.137 e. The van der Waals surface area contributed by atoms with E-state index in [1.807, 2.05) is 38.1 Å². The molecule has 1 atom stereocenters. The molecular weight excluding hydrogens is 536 g/mol.